The monoisotopic (exact) mass is 287 g/mol. The van der Waals surface area contributed by atoms with Crippen LogP contribution in [0.4, 0.5) is 0 Å². The molecule has 0 aromatic heterocycles. The molecule has 116 valence electrons. The van der Waals surface area contributed by atoms with Crippen LogP contribution in [0.3, 0.4) is 0 Å². The second kappa shape index (κ2) is 6.10. The van der Waals surface area contributed by atoms with Crippen LogP contribution in [0.25, 0.3) is 0 Å². The molecular formula is C19H29NO. The summed E-state index contributed by atoms with van der Waals surface area (Å²) in [5.74, 6) is 0. The minimum absolute atomic E-state index is 0.294. The van der Waals surface area contributed by atoms with Crippen molar-refractivity contribution in [3.05, 3.63) is 35.4 Å². The molecule has 21 heavy (non-hydrogen) atoms. The van der Waals surface area contributed by atoms with Crippen molar-refractivity contribution in [2.75, 3.05) is 6.61 Å². The smallest absolute Gasteiger partial charge is 0.0658 e. The summed E-state index contributed by atoms with van der Waals surface area (Å²) in [7, 11) is 0. The lowest BCUT2D eigenvalue weighted by molar-refractivity contribution is -0.128. The van der Waals surface area contributed by atoms with Crippen LogP contribution in [-0.2, 0) is 11.2 Å². The predicted octanol–water partition coefficient (Wildman–Crippen LogP) is 4.25. The lowest BCUT2D eigenvalue weighted by Crippen LogP contribution is -2.62. The van der Waals surface area contributed by atoms with E-state index in [1.165, 1.54) is 31.2 Å². The van der Waals surface area contributed by atoms with E-state index in [0.29, 0.717) is 23.6 Å². The Bertz CT molecular complexity index is 486. The van der Waals surface area contributed by atoms with Crippen molar-refractivity contribution in [3.8, 4) is 0 Å². The van der Waals surface area contributed by atoms with E-state index in [9.17, 15) is 0 Å². The Morgan fingerprint density at radius 1 is 1.29 bits per heavy atom. The normalized spacial score (nSPS) is 35.1. The van der Waals surface area contributed by atoms with E-state index in [1.54, 1.807) is 5.56 Å². The quantitative estimate of drug-likeness (QED) is 0.874. The first-order valence-corrected chi connectivity index (χ1v) is 8.64. The number of benzene rings is 1. The molecule has 1 N–H and O–H groups in total. The van der Waals surface area contributed by atoms with Gasteiger partial charge in [0.05, 0.1) is 6.10 Å². The number of ether oxygens (including phenoxy) is 1. The Labute approximate surface area is 129 Å². The molecule has 2 aliphatic rings. The van der Waals surface area contributed by atoms with E-state index in [0.717, 1.165) is 13.0 Å². The van der Waals surface area contributed by atoms with Gasteiger partial charge in [-0.1, -0.05) is 38.1 Å². The first-order chi connectivity index (χ1) is 10.2. The van der Waals surface area contributed by atoms with Gasteiger partial charge in [0.15, 0.2) is 0 Å². The molecule has 2 heteroatoms. The highest BCUT2D eigenvalue weighted by molar-refractivity contribution is 5.32. The molecule has 0 amide bonds. The second-order valence-corrected chi connectivity index (χ2v) is 6.90. The number of rotatable bonds is 5. The zero-order valence-corrected chi connectivity index (χ0v) is 13.7. The average Bonchev–Trinajstić information content (AvgIpc) is 2.53. The van der Waals surface area contributed by atoms with Gasteiger partial charge in [0.25, 0.3) is 0 Å². The molecule has 4 unspecified atom stereocenters. The van der Waals surface area contributed by atoms with Gasteiger partial charge in [-0.25, -0.2) is 0 Å². The van der Waals surface area contributed by atoms with Crippen molar-refractivity contribution < 1.29 is 4.74 Å². The summed E-state index contributed by atoms with van der Waals surface area (Å²) in [5, 5.41) is 3.96. The average molecular weight is 287 g/mol. The molecule has 0 heterocycles. The topological polar surface area (TPSA) is 21.3 Å². The molecule has 0 bridgehead atoms. The summed E-state index contributed by atoms with van der Waals surface area (Å²) in [5.41, 5.74) is 3.37. The molecule has 0 radical (unpaired) electrons. The molecule has 2 nitrogen and oxygen atoms in total. The van der Waals surface area contributed by atoms with Crippen LogP contribution in [0.5, 0.6) is 0 Å². The summed E-state index contributed by atoms with van der Waals surface area (Å²) in [6.07, 6.45) is 6.60. The maximum Gasteiger partial charge on any atom is 0.0658 e. The van der Waals surface area contributed by atoms with E-state index >= 15 is 0 Å². The second-order valence-electron chi connectivity index (χ2n) is 6.90. The molecule has 1 fully saturated rings. The van der Waals surface area contributed by atoms with Gasteiger partial charge in [0.1, 0.15) is 0 Å². The van der Waals surface area contributed by atoms with Crippen molar-refractivity contribution in [3.63, 3.8) is 0 Å². The highest BCUT2D eigenvalue weighted by Crippen LogP contribution is 2.47. The molecule has 2 aliphatic carbocycles. The number of aryl methyl sites for hydroxylation is 1. The van der Waals surface area contributed by atoms with Gasteiger partial charge in [-0.2, -0.15) is 0 Å². The van der Waals surface area contributed by atoms with Crippen molar-refractivity contribution in [1.29, 1.82) is 0 Å². The third-order valence-corrected chi connectivity index (χ3v) is 5.88. The number of nitrogens with one attached hydrogen (secondary N) is 1. The van der Waals surface area contributed by atoms with Crippen molar-refractivity contribution >= 4 is 0 Å². The molecule has 3 rings (SSSR count). The Morgan fingerprint density at radius 2 is 2.10 bits per heavy atom. The summed E-state index contributed by atoms with van der Waals surface area (Å²) in [6, 6.07) is 10.1. The molecule has 0 aliphatic heterocycles. The lowest BCUT2D eigenvalue weighted by atomic mass is 9.61. The molecule has 1 aromatic rings. The highest BCUT2D eigenvalue weighted by atomic mass is 16.5. The summed E-state index contributed by atoms with van der Waals surface area (Å²) < 4.78 is 5.93. The Kier molecular flexibility index (Phi) is 4.37. The van der Waals surface area contributed by atoms with E-state index in [1.807, 2.05) is 0 Å². The van der Waals surface area contributed by atoms with Crippen LogP contribution >= 0.6 is 0 Å². The van der Waals surface area contributed by atoms with Crippen molar-refractivity contribution in [2.45, 2.75) is 71.1 Å². The van der Waals surface area contributed by atoms with Gasteiger partial charge in [-0.05, 0) is 50.2 Å². The standard InChI is InChI=1S/C19H29NO/c1-4-19(3)17(13-18(19)21-5-2)20-16-12-8-10-14-9-6-7-11-15(14)16/h6-7,9,11,16-18,20H,4-5,8,10,12-13H2,1-3H3. The maximum absolute atomic E-state index is 5.93. The minimum Gasteiger partial charge on any atom is -0.378 e. The SMILES string of the molecule is CCOC1CC(NC2CCCc3ccccc32)C1(C)CC. The molecular weight excluding hydrogens is 258 g/mol. The Morgan fingerprint density at radius 3 is 2.86 bits per heavy atom. The lowest BCUT2D eigenvalue weighted by Gasteiger charge is -2.55. The van der Waals surface area contributed by atoms with Gasteiger partial charge in [0, 0.05) is 24.1 Å². The van der Waals surface area contributed by atoms with Gasteiger partial charge in [0.2, 0.25) is 0 Å². The van der Waals surface area contributed by atoms with E-state index in [2.05, 4.69) is 50.4 Å². The molecule has 0 saturated heterocycles. The van der Waals surface area contributed by atoms with Crippen LogP contribution < -0.4 is 5.32 Å². The van der Waals surface area contributed by atoms with Crippen molar-refractivity contribution in [2.24, 2.45) is 5.41 Å². The Hall–Kier alpha value is -0.860. The highest BCUT2D eigenvalue weighted by Gasteiger charge is 2.51. The fourth-order valence-electron chi connectivity index (χ4n) is 4.18. The van der Waals surface area contributed by atoms with Gasteiger partial charge < -0.3 is 10.1 Å². The first kappa shape index (κ1) is 15.1. The van der Waals surface area contributed by atoms with Crippen LogP contribution in [0, 0.1) is 5.41 Å². The maximum atomic E-state index is 5.93. The summed E-state index contributed by atoms with van der Waals surface area (Å²) in [6.45, 7) is 7.63. The predicted molar refractivity (Wildman–Crippen MR) is 87.5 cm³/mol. The van der Waals surface area contributed by atoms with Gasteiger partial charge in [-0.3, -0.25) is 0 Å². The minimum atomic E-state index is 0.294. The molecule has 1 saturated carbocycles. The number of hydrogen-bond acceptors (Lipinski definition) is 2. The zero-order chi connectivity index (χ0) is 14.9. The van der Waals surface area contributed by atoms with Gasteiger partial charge in [-0.15, -0.1) is 0 Å². The van der Waals surface area contributed by atoms with Crippen LogP contribution in [0.2, 0.25) is 0 Å². The van der Waals surface area contributed by atoms with Crippen LogP contribution in [0.1, 0.15) is 63.6 Å². The van der Waals surface area contributed by atoms with Gasteiger partial charge >= 0.3 is 0 Å². The molecule has 0 spiro atoms. The fourth-order valence-corrected chi connectivity index (χ4v) is 4.18. The third kappa shape index (κ3) is 2.64. The largest absolute Gasteiger partial charge is 0.378 e. The number of fused-ring (bicyclic) bond motifs is 1. The van der Waals surface area contributed by atoms with E-state index < -0.39 is 0 Å². The summed E-state index contributed by atoms with van der Waals surface area (Å²) in [4.78, 5) is 0. The van der Waals surface area contributed by atoms with E-state index in [4.69, 9.17) is 4.74 Å². The third-order valence-electron chi connectivity index (χ3n) is 5.88. The Balaban J connectivity index is 1.71. The summed E-state index contributed by atoms with van der Waals surface area (Å²) >= 11 is 0. The fraction of sp³-hybridized carbons (Fsp3) is 0.684. The molecule has 1 aromatic carbocycles. The molecule has 4 atom stereocenters. The van der Waals surface area contributed by atoms with Crippen LogP contribution in [-0.4, -0.2) is 18.8 Å². The van der Waals surface area contributed by atoms with Crippen molar-refractivity contribution in [1.82, 2.24) is 5.32 Å². The first-order valence-electron chi connectivity index (χ1n) is 8.64. The van der Waals surface area contributed by atoms with E-state index in [-0.39, 0.29) is 0 Å². The number of hydrogen-bond donors (Lipinski definition) is 1. The van der Waals surface area contributed by atoms with Crippen LogP contribution in [0.15, 0.2) is 24.3 Å². The zero-order valence-electron chi connectivity index (χ0n) is 13.7.